The topological polar surface area (TPSA) is 38.7 Å². The van der Waals surface area contributed by atoms with Gasteiger partial charge in [-0.15, -0.1) is 21.5 Å². The highest BCUT2D eigenvalue weighted by Gasteiger charge is 2.29. The molecule has 130 valence electrons. The number of aryl methyl sites for hydroxylation is 2. The first kappa shape index (κ1) is 17.9. The van der Waals surface area contributed by atoms with Crippen LogP contribution in [0.2, 0.25) is 0 Å². The van der Waals surface area contributed by atoms with E-state index in [1.807, 2.05) is 26.0 Å². The average Bonchev–Trinajstić information content (AvgIpc) is 2.91. The number of benzene rings is 1. The van der Waals surface area contributed by atoms with Gasteiger partial charge in [-0.2, -0.15) is 13.2 Å². The molecule has 3 aromatic rings. The fourth-order valence-electron chi connectivity index (χ4n) is 2.23. The van der Waals surface area contributed by atoms with E-state index in [-0.39, 0.29) is 0 Å². The second-order valence-corrected chi connectivity index (χ2v) is 7.59. The summed E-state index contributed by atoms with van der Waals surface area (Å²) in [5.41, 5.74) is 1.88. The minimum atomic E-state index is -4.31. The number of aromatic nitrogens is 3. The van der Waals surface area contributed by atoms with E-state index < -0.39 is 11.7 Å². The van der Waals surface area contributed by atoms with E-state index in [0.717, 1.165) is 44.0 Å². The summed E-state index contributed by atoms with van der Waals surface area (Å²) in [7, 11) is 0. The van der Waals surface area contributed by atoms with Crippen LogP contribution in [0.1, 0.15) is 21.8 Å². The van der Waals surface area contributed by atoms with Crippen LogP contribution in [0, 0.1) is 13.8 Å². The third-order valence-electron chi connectivity index (χ3n) is 3.44. The van der Waals surface area contributed by atoms with Crippen molar-refractivity contribution in [3.05, 3.63) is 58.2 Å². The minimum Gasteiger partial charge on any atom is -0.246 e. The molecule has 0 amide bonds. The molecule has 0 aliphatic heterocycles. The van der Waals surface area contributed by atoms with Crippen LogP contribution in [-0.2, 0) is 11.9 Å². The SMILES string of the molecule is Cc1nc(C)c(-c2ccc(SCc3ccc(C(F)(F)F)cc3)nn2)s1. The van der Waals surface area contributed by atoms with Crippen molar-refractivity contribution in [2.75, 3.05) is 0 Å². The van der Waals surface area contributed by atoms with Crippen molar-refractivity contribution in [2.45, 2.75) is 30.8 Å². The van der Waals surface area contributed by atoms with E-state index in [0.29, 0.717) is 5.75 Å². The average molecular weight is 381 g/mol. The van der Waals surface area contributed by atoms with Gasteiger partial charge >= 0.3 is 6.18 Å². The Morgan fingerprint density at radius 2 is 1.72 bits per heavy atom. The van der Waals surface area contributed by atoms with Gasteiger partial charge in [0.1, 0.15) is 10.7 Å². The molecular formula is C17H14F3N3S2. The van der Waals surface area contributed by atoms with Gasteiger partial charge in [0.15, 0.2) is 0 Å². The maximum atomic E-state index is 12.6. The lowest BCUT2D eigenvalue weighted by Gasteiger charge is -2.07. The molecule has 25 heavy (non-hydrogen) atoms. The Balaban J connectivity index is 1.65. The molecule has 0 spiro atoms. The molecule has 3 nitrogen and oxygen atoms in total. The Morgan fingerprint density at radius 3 is 2.24 bits per heavy atom. The third-order valence-corrected chi connectivity index (χ3v) is 5.53. The summed E-state index contributed by atoms with van der Waals surface area (Å²) in [6.45, 7) is 3.89. The lowest BCUT2D eigenvalue weighted by Crippen LogP contribution is -2.04. The Labute approximate surface area is 151 Å². The molecule has 1 aromatic carbocycles. The highest BCUT2D eigenvalue weighted by Crippen LogP contribution is 2.31. The summed E-state index contributed by atoms with van der Waals surface area (Å²) >= 11 is 3.01. The predicted octanol–water partition coefficient (Wildman–Crippen LogP) is 5.53. The van der Waals surface area contributed by atoms with Crippen LogP contribution in [-0.4, -0.2) is 15.2 Å². The van der Waals surface area contributed by atoms with E-state index in [4.69, 9.17) is 0 Å². The highest BCUT2D eigenvalue weighted by molar-refractivity contribution is 7.98. The number of hydrogen-bond acceptors (Lipinski definition) is 5. The zero-order valence-electron chi connectivity index (χ0n) is 13.5. The second kappa shape index (κ2) is 7.13. The number of rotatable bonds is 4. The van der Waals surface area contributed by atoms with Gasteiger partial charge in [-0.3, -0.25) is 0 Å². The smallest absolute Gasteiger partial charge is 0.246 e. The summed E-state index contributed by atoms with van der Waals surface area (Å²) in [6.07, 6.45) is -4.31. The normalized spacial score (nSPS) is 11.7. The number of hydrogen-bond donors (Lipinski definition) is 0. The highest BCUT2D eigenvalue weighted by atomic mass is 32.2. The van der Waals surface area contributed by atoms with Crippen LogP contribution in [0.3, 0.4) is 0 Å². The molecule has 8 heteroatoms. The maximum absolute atomic E-state index is 12.6. The minimum absolute atomic E-state index is 0.533. The molecular weight excluding hydrogens is 367 g/mol. The van der Waals surface area contributed by atoms with E-state index in [2.05, 4.69) is 15.2 Å². The van der Waals surface area contributed by atoms with Crippen LogP contribution in [0.4, 0.5) is 13.2 Å². The van der Waals surface area contributed by atoms with Crippen LogP contribution in [0.15, 0.2) is 41.4 Å². The van der Waals surface area contributed by atoms with E-state index in [1.165, 1.54) is 23.9 Å². The lowest BCUT2D eigenvalue weighted by molar-refractivity contribution is -0.137. The van der Waals surface area contributed by atoms with Gasteiger partial charge < -0.3 is 0 Å². The maximum Gasteiger partial charge on any atom is 0.416 e. The zero-order valence-corrected chi connectivity index (χ0v) is 15.1. The van der Waals surface area contributed by atoms with E-state index in [9.17, 15) is 13.2 Å². The fraction of sp³-hybridized carbons (Fsp3) is 0.235. The molecule has 0 fully saturated rings. The molecule has 0 saturated carbocycles. The van der Waals surface area contributed by atoms with Gasteiger partial charge in [0.05, 0.1) is 21.1 Å². The molecule has 0 radical (unpaired) electrons. The van der Waals surface area contributed by atoms with Crippen molar-refractivity contribution < 1.29 is 13.2 Å². The Morgan fingerprint density at radius 1 is 1.00 bits per heavy atom. The van der Waals surface area contributed by atoms with Crippen molar-refractivity contribution >= 4 is 23.1 Å². The van der Waals surface area contributed by atoms with Crippen LogP contribution in [0.5, 0.6) is 0 Å². The van der Waals surface area contributed by atoms with Gasteiger partial charge in [0, 0.05) is 5.75 Å². The zero-order chi connectivity index (χ0) is 18.0. The monoisotopic (exact) mass is 381 g/mol. The first-order valence-corrected chi connectivity index (χ1v) is 9.20. The summed E-state index contributed by atoms with van der Waals surface area (Å²) in [5, 5.41) is 10.1. The Bertz CT molecular complexity index is 856. The van der Waals surface area contributed by atoms with Gasteiger partial charge in [-0.25, -0.2) is 4.98 Å². The van der Waals surface area contributed by atoms with E-state index >= 15 is 0 Å². The molecule has 0 saturated heterocycles. The molecule has 0 aliphatic rings. The predicted molar refractivity (Wildman–Crippen MR) is 93.6 cm³/mol. The van der Waals surface area contributed by atoms with Crippen molar-refractivity contribution in [2.24, 2.45) is 0 Å². The van der Waals surface area contributed by atoms with Crippen LogP contribution in [0.25, 0.3) is 10.6 Å². The first-order valence-electron chi connectivity index (χ1n) is 7.40. The summed E-state index contributed by atoms with van der Waals surface area (Å²) in [6, 6.07) is 8.93. The fourth-order valence-corrected chi connectivity index (χ4v) is 3.89. The third kappa shape index (κ3) is 4.38. The lowest BCUT2D eigenvalue weighted by atomic mass is 10.1. The Hall–Kier alpha value is -1.93. The molecule has 0 unspecified atom stereocenters. The van der Waals surface area contributed by atoms with Crippen molar-refractivity contribution in [3.63, 3.8) is 0 Å². The Kier molecular flexibility index (Phi) is 5.10. The molecule has 0 N–H and O–H groups in total. The molecule has 2 heterocycles. The largest absolute Gasteiger partial charge is 0.416 e. The number of alkyl halides is 3. The first-order chi connectivity index (χ1) is 11.8. The number of nitrogens with zero attached hydrogens (tertiary/aromatic N) is 3. The second-order valence-electron chi connectivity index (χ2n) is 5.39. The quantitative estimate of drug-likeness (QED) is 0.557. The summed E-state index contributed by atoms with van der Waals surface area (Å²) in [4.78, 5) is 5.38. The van der Waals surface area contributed by atoms with Gasteiger partial charge in [-0.1, -0.05) is 23.9 Å². The molecule has 3 rings (SSSR count). The van der Waals surface area contributed by atoms with Gasteiger partial charge in [0.25, 0.3) is 0 Å². The molecule has 0 atom stereocenters. The van der Waals surface area contributed by atoms with Crippen LogP contribution < -0.4 is 0 Å². The van der Waals surface area contributed by atoms with Crippen LogP contribution >= 0.6 is 23.1 Å². The molecule has 0 bridgehead atoms. The van der Waals surface area contributed by atoms with Gasteiger partial charge in [-0.05, 0) is 43.7 Å². The summed E-state index contributed by atoms with van der Waals surface area (Å²) < 4.78 is 37.7. The van der Waals surface area contributed by atoms with Crippen molar-refractivity contribution in [1.82, 2.24) is 15.2 Å². The number of thioether (sulfide) groups is 1. The molecule has 0 aliphatic carbocycles. The van der Waals surface area contributed by atoms with Gasteiger partial charge in [0.2, 0.25) is 0 Å². The number of thiazole rings is 1. The van der Waals surface area contributed by atoms with Crippen molar-refractivity contribution in [3.8, 4) is 10.6 Å². The molecule has 2 aromatic heterocycles. The number of halogens is 3. The summed E-state index contributed by atoms with van der Waals surface area (Å²) in [5.74, 6) is 0.533. The van der Waals surface area contributed by atoms with Crippen molar-refractivity contribution in [1.29, 1.82) is 0 Å². The standard InChI is InChI=1S/C17H14F3N3S2/c1-10-16(25-11(2)21-10)14-7-8-15(23-22-14)24-9-12-3-5-13(6-4-12)17(18,19)20/h3-8H,9H2,1-2H3. The van der Waals surface area contributed by atoms with E-state index in [1.54, 1.807) is 11.3 Å².